The summed E-state index contributed by atoms with van der Waals surface area (Å²) in [7, 11) is 0. The third-order valence-electron chi connectivity index (χ3n) is 3.47. The summed E-state index contributed by atoms with van der Waals surface area (Å²) in [4.78, 5) is 0. The van der Waals surface area contributed by atoms with Gasteiger partial charge in [-0.15, -0.1) is 0 Å². The van der Waals surface area contributed by atoms with E-state index in [1.54, 1.807) is 42.5 Å². The molecular weight excluding hydrogens is 320 g/mol. The van der Waals surface area contributed by atoms with Crippen LogP contribution in [0.15, 0.2) is 65.1 Å². The Morgan fingerprint density at radius 3 is 2.46 bits per heavy atom. The Hall–Kier alpha value is -3.27. The number of halogens is 1. The molecule has 0 radical (unpaired) electrons. The van der Waals surface area contributed by atoms with Crippen LogP contribution in [-0.2, 0) is 0 Å². The Morgan fingerprint density at radius 1 is 1.00 bits per heavy atom. The van der Waals surface area contributed by atoms with E-state index in [0.29, 0.717) is 27.7 Å². The number of furan rings is 1. The highest BCUT2D eigenvalue weighted by molar-refractivity contribution is 6.30. The predicted octanol–water partition coefficient (Wildman–Crippen LogP) is 5.54. The number of hydrogen-bond acceptors (Lipinski definition) is 3. The van der Waals surface area contributed by atoms with Crippen LogP contribution >= 0.6 is 11.6 Å². The summed E-state index contributed by atoms with van der Waals surface area (Å²) < 4.78 is 5.78. The average Bonchev–Trinajstić information content (AvgIpc) is 3.08. The Balaban J connectivity index is 1.92. The van der Waals surface area contributed by atoms with E-state index in [9.17, 15) is 5.26 Å². The molecule has 0 fully saturated rings. The van der Waals surface area contributed by atoms with E-state index in [2.05, 4.69) is 12.1 Å². The van der Waals surface area contributed by atoms with Gasteiger partial charge in [0, 0.05) is 10.6 Å². The van der Waals surface area contributed by atoms with Gasteiger partial charge in [0.05, 0.1) is 23.3 Å². The average molecular weight is 331 g/mol. The maximum absolute atomic E-state index is 9.39. The van der Waals surface area contributed by atoms with Crippen LogP contribution in [0.5, 0.6) is 0 Å². The lowest BCUT2D eigenvalue weighted by molar-refractivity contribution is 0.572. The van der Waals surface area contributed by atoms with Crippen LogP contribution < -0.4 is 0 Å². The van der Waals surface area contributed by atoms with Gasteiger partial charge in [0.1, 0.15) is 11.5 Å². The van der Waals surface area contributed by atoms with Crippen molar-refractivity contribution in [3.05, 3.63) is 82.6 Å². The molecule has 2 aromatic carbocycles. The van der Waals surface area contributed by atoms with Gasteiger partial charge in [-0.3, -0.25) is 0 Å². The first kappa shape index (κ1) is 15.6. The highest BCUT2D eigenvalue weighted by Crippen LogP contribution is 2.27. The molecule has 1 aromatic heterocycles. The van der Waals surface area contributed by atoms with Gasteiger partial charge < -0.3 is 4.42 Å². The molecule has 1 heterocycles. The van der Waals surface area contributed by atoms with Crippen molar-refractivity contribution in [3.63, 3.8) is 0 Å². The molecule has 0 amide bonds. The smallest absolute Gasteiger partial charge is 0.134 e. The zero-order valence-corrected chi connectivity index (χ0v) is 13.3. The molecule has 0 aliphatic rings. The van der Waals surface area contributed by atoms with E-state index < -0.39 is 0 Å². The third kappa shape index (κ3) is 3.38. The Morgan fingerprint density at radius 2 is 1.79 bits per heavy atom. The van der Waals surface area contributed by atoms with Crippen LogP contribution in [0.25, 0.3) is 23.0 Å². The van der Waals surface area contributed by atoms with Crippen molar-refractivity contribution in [2.75, 3.05) is 0 Å². The molecule has 0 aliphatic carbocycles. The summed E-state index contributed by atoms with van der Waals surface area (Å²) in [5, 5.41) is 18.9. The van der Waals surface area contributed by atoms with Crippen LogP contribution in [-0.4, -0.2) is 0 Å². The number of nitrogens with zero attached hydrogens (tertiary/aromatic N) is 2. The molecule has 0 unspecified atom stereocenters. The molecule has 3 rings (SSSR count). The molecule has 3 nitrogen and oxygen atoms in total. The maximum Gasteiger partial charge on any atom is 0.134 e. The van der Waals surface area contributed by atoms with E-state index in [0.717, 1.165) is 11.1 Å². The molecule has 0 spiro atoms. The van der Waals surface area contributed by atoms with Crippen LogP contribution in [0.2, 0.25) is 5.02 Å². The number of rotatable bonds is 3. The van der Waals surface area contributed by atoms with Gasteiger partial charge in [0.15, 0.2) is 0 Å². The van der Waals surface area contributed by atoms with E-state index >= 15 is 0 Å². The van der Waals surface area contributed by atoms with Crippen LogP contribution in [0.4, 0.5) is 0 Å². The Kier molecular flexibility index (Phi) is 4.47. The van der Waals surface area contributed by atoms with Crippen molar-refractivity contribution in [1.29, 1.82) is 10.5 Å². The van der Waals surface area contributed by atoms with Gasteiger partial charge in [-0.2, -0.15) is 10.5 Å². The van der Waals surface area contributed by atoms with E-state index in [-0.39, 0.29) is 0 Å². The first-order valence-electron chi connectivity index (χ1n) is 7.18. The monoisotopic (exact) mass is 330 g/mol. The number of hydrogen-bond donors (Lipinski definition) is 0. The van der Waals surface area contributed by atoms with Crippen molar-refractivity contribution in [1.82, 2.24) is 0 Å². The van der Waals surface area contributed by atoms with Crippen LogP contribution in [0, 0.1) is 22.7 Å². The highest BCUT2D eigenvalue weighted by Gasteiger charge is 2.07. The van der Waals surface area contributed by atoms with Crippen molar-refractivity contribution >= 4 is 23.3 Å². The minimum Gasteiger partial charge on any atom is -0.457 e. The Bertz CT molecular complexity index is 985. The molecule has 0 saturated carbocycles. The van der Waals surface area contributed by atoms with Gasteiger partial charge >= 0.3 is 0 Å². The maximum atomic E-state index is 9.39. The molecular formula is C20H11ClN2O. The van der Waals surface area contributed by atoms with Gasteiger partial charge in [-0.25, -0.2) is 0 Å². The van der Waals surface area contributed by atoms with Crippen molar-refractivity contribution in [2.24, 2.45) is 0 Å². The molecule has 0 saturated heterocycles. The summed E-state index contributed by atoms with van der Waals surface area (Å²) >= 11 is 5.99. The Labute approximate surface area is 144 Å². The summed E-state index contributed by atoms with van der Waals surface area (Å²) in [6.07, 6.45) is 1.68. The summed E-state index contributed by atoms with van der Waals surface area (Å²) in [6.45, 7) is 0. The van der Waals surface area contributed by atoms with Gasteiger partial charge in [0.25, 0.3) is 0 Å². The number of nitriles is 2. The highest BCUT2D eigenvalue weighted by atomic mass is 35.5. The van der Waals surface area contributed by atoms with Crippen LogP contribution in [0.3, 0.4) is 0 Å². The van der Waals surface area contributed by atoms with E-state index in [1.165, 1.54) is 0 Å². The molecule has 114 valence electrons. The molecule has 0 aliphatic heterocycles. The molecule has 24 heavy (non-hydrogen) atoms. The normalized spacial score (nSPS) is 10.9. The predicted molar refractivity (Wildman–Crippen MR) is 93.8 cm³/mol. The quantitative estimate of drug-likeness (QED) is 0.593. The van der Waals surface area contributed by atoms with Crippen molar-refractivity contribution < 1.29 is 4.42 Å². The number of benzene rings is 2. The standard InChI is InChI=1S/C20H11ClN2O/c21-18-3-1-2-16(10-18)20-9-8-19(24-20)11-17(13-23)15-6-4-14(12-22)5-7-15/h1-11H/b17-11-. The van der Waals surface area contributed by atoms with Gasteiger partial charge in [-0.1, -0.05) is 35.9 Å². The largest absolute Gasteiger partial charge is 0.457 e. The second-order valence-corrected chi connectivity index (χ2v) is 5.51. The second-order valence-electron chi connectivity index (χ2n) is 5.07. The molecule has 0 atom stereocenters. The molecule has 3 aromatic rings. The zero-order valence-electron chi connectivity index (χ0n) is 12.5. The first-order chi connectivity index (χ1) is 11.7. The zero-order chi connectivity index (χ0) is 16.9. The lowest BCUT2D eigenvalue weighted by atomic mass is 10.0. The van der Waals surface area contributed by atoms with E-state index in [4.69, 9.17) is 21.3 Å². The van der Waals surface area contributed by atoms with Crippen molar-refractivity contribution in [3.8, 4) is 23.5 Å². The van der Waals surface area contributed by atoms with E-state index in [1.807, 2.05) is 24.3 Å². The summed E-state index contributed by atoms with van der Waals surface area (Å²) in [5.74, 6) is 1.26. The van der Waals surface area contributed by atoms with Crippen LogP contribution in [0.1, 0.15) is 16.9 Å². The fourth-order valence-corrected chi connectivity index (χ4v) is 2.46. The molecule has 0 bridgehead atoms. The first-order valence-corrected chi connectivity index (χ1v) is 7.55. The minimum atomic E-state index is 0.464. The lowest BCUT2D eigenvalue weighted by Gasteiger charge is -1.99. The third-order valence-corrected chi connectivity index (χ3v) is 3.70. The SMILES string of the molecule is N#C/C(=C/c1ccc(-c2cccc(Cl)c2)o1)c1ccc(C#N)cc1. The molecule has 0 N–H and O–H groups in total. The van der Waals surface area contributed by atoms with Gasteiger partial charge in [-0.05, 0) is 48.0 Å². The molecule has 4 heteroatoms. The van der Waals surface area contributed by atoms with Gasteiger partial charge in [0.2, 0.25) is 0 Å². The summed E-state index contributed by atoms with van der Waals surface area (Å²) in [5.41, 5.74) is 2.63. The fourth-order valence-electron chi connectivity index (χ4n) is 2.27. The second kappa shape index (κ2) is 6.87. The fraction of sp³-hybridized carbons (Fsp3) is 0. The lowest BCUT2D eigenvalue weighted by Crippen LogP contribution is -1.82. The number of allylic oxidation sites excluding steroid dienone is 1. The van der Waals surface area contributed by atoms with Crippen molar-refractivity contribution in [2.45, 2.75) is 0 Å². The topological polar surface area (TPSA) is 60.7 Å². The summed E-state index contributed by atoms with van der Waals surface area (Å²) in [6, 6.07) is 22.1. The minimum absolute atomic E-state index is 0.464.